The number of aryl methyl sites for hydroxylation is 2. The van der Waals surface area contributed by atoms with Crippen LogP contribution in [0.1, 0.15) is 19.4 Å². The van der Waals surface area contributed by atoms with E-state index in [4.69, 9.17) is 17.6 Å². The monoisotopic (exact) mass is 840 g/mol. The molecule has 7 aromatic carbocycles. The van der Waals surface area contributed by atoms with Crippen molar-refractivity contribution < 1.29 is 32.7 Å². The molecule has 0 bridgehead atoms. The van der Waals surface area contributed by atoms with Crippen LogP contribution in [-0.4, -0.2) is 14.5 Å². The normalized spacial score (nSPS) is 13.4. The summed E-state index contributed by atoms with van der Waals surface area (Å²) >= 11 is 0. The van der Waals surface area contributed by atoms with Crippen LogP contribution in [0.4, 0.5) is 0 Å². The van der Waals surface area contributed by atoms with E-state index in [2.05, 4.69) is 119 Å². The fourth-order valence-electron chi connectivity index (χ4n) is 6.71. The molecule has 4 nitrogen and oxygen atoms in total. The van der Waals surface area contributed by atoms with Crippen molar-refractivity contribution in [1.82, 2.24) is 14.5 Å². The second-order valence-electron chi connectivity index (χ2n) is 12.0. The van der Waals surface area contributed by atoms with Crippen molar-refractivity contribution in [3.8, 4) is 28.3 Å². The largest absolute Gasteiger partial charge is 0.500 e. The number of imidazole rings is 1. The zero-order valence-electron chi connectivity index (χ0n) is 33.0. The van der Waals surface area contributed by atoms with Crippen LogP contribution in [0, 0.1) is 25.8 Å². The zero-order valence-corrected chi connectivity index (χ0v) is 29.4. The third-order valence-corrected chi connectivity index (χ3v) is 8.96. The SMILES string of the molecule is [2H]C([2H])([2H])c1c[c-]c(-c2ccc(C([2H])([2H])[2H])cn2)cc1.[Ir].[c-]1ccc2c(oc3c4ccccc4c4ccccc4c23)c1-c1nc2ccccc2n1-c1ccccc1. The molecular formula is C46H31IrN3O-2. The van der Waals surface area contributed by atoms with Gasteiger partial charge in [0.15, 0.2) is 0 Å². The summed E-state index contributed by atoms with van der Waals surface area (Å²) in [5, 5.41) is 6.95. The molecule has 51 heavy (non-hydrogen) atoms. The van der Waals surface area contributed by atoms with Gasteiger partial charge in [0.05, 0.1) is 22.4 Å². The quantitative estimate of drug-likeness (QED) is 0.131. The molecule has 10 aromatic rings. The molecule has 0 atom stereocenters. The molecule has 0 aliphatic carbocycles. The van der Waals surface area contributed by atoms with Crippen LogP contribution in [0.3, 0.4) is 0 Å². The molecule has 247 valence electrons. The molecule has 3 heterocycles. The van der Waals surface area contributed by atoms with E-state index >= 15 is 0 Å². The molecule has 0 spiro atoms. The topological polar surface area (TPSA) is 43.9 Å². The predicted molar refractivity (Wildman–Crippen MR) is 206 cm³/mol. The molecule has 0 aliphatic rings. The molecule has 0 N–H and O–H groups in total. The minimum absolute atomic E-state index is 0. The number of rotatable bonds is 3. The number of pyridine rings is 1. The van der Waals surface area contributed by atoms with Gasteiger partial charge in [0.1, 0.15) is 5.58 Å². The van der Waals surface area contributed by atoms with Crippen molar-refractivity contribution in [2.24, 2.45) is 0 Å². The Hall–Kier alpha value is -5.87. The Morgan fingerprint density at radius 3 is 2.08 bits per heavy atom. The Balaban J connectivity index is 0.000000186. The van der Waals surface area contributed by atoms with Gasteiger partial charge >= 0.3 is 0 Å². The minimum Gasteiger partial charge on any atom is -0.500 e. The van der Waals surface area contributed by atoms with Crippen LogP contribution in [0.2, 0.25) is 0 Å². The first-order valence-corrected chi connectivity index (χ1v) is 16.2. The van der Waals surface area contributed by atoms with E-state index in [0.29, 0.717) is 11.3 Å². The third-order valence-electron chi connectivity index (χ3n) is 8.96. The van der Waals surface area contributed by atoms with Crippen molar-refractivity contribution in [2.75, 3.05) is 0 Å². The molecule has 10 rings (SSSR count). The van der Waals surface area contributed by atoms with Gasteiger partial charge in [0.2, 0.25) is 0 Å². The van der Waals surface area contributed by atoms with Crippen LogP contribution >= 0.6 is 0 Å². The Morgan fingerprint density at radius 2 is 1.33 bits per heavy atom. The Labute approximate surface area is 317 Å². The van der Waals surface area contributed by atoms with E-state index in [-0.39, 0.29) is 31.2 Å². The summed E-state index contributed by atoms with van der Waals surface area (Å²) in [4.78, 5) is 9.15. The summed E-state index contributed by atoms with van der Waals surface area (Å²) < 4.78 is 52.6. The molecule has 3 aromatic heterocycles. The molecule has 0 saturated heterocycles. The second kappa shape index (κ2) is 13.4. The molecular weight excluding hydrogens is 803 g/mol. The Kier molecular flexibility index (Phi) is 6.86. The number of fused-ring (bicyclic) bond motifs is 9. The van der Waals surface area contributed by atoms with Crippen molar-refractivity contribution >= 4 is 54.5 Å². The maximum atomic E-state index is 7.28. The van der Waals surface area contributed by atoms with E-state index in [1.54, 1.807) is 12.1 Å². The van der Waals surface area contributed by atoms with Gasteiger partial charge in [-0.3, -0.25) is 4.98 Å². The van der Waals surface area contributed by atoms with Crippen molar-refractivity contribution in [1.29, 1.82) is 0 Å². The van der Waals surface area contributed by atoms with E-state index in [9.17, 15) is 0 Å². The first kappa shape index (κ1) is 26.0. The molecule has 0 fully saturated rings. The number of hydrogen-bond donors (Lipinski definition) is 0. The van der Waals surface area contributed by atoms with Crippen molar-refractivity contribution in [3.05, 3.63) is 175 Å². The molecule has 5 heteroatoms. The number of nitrogens with zero attached hydrogens (tertiary/aromatic N) is 3. The molecule has 0 saturated carbocycles. The van der Waals surface area contributed by atoms with Gasteiger partial charge in [-0.2, -0.15) is 0 Å². The summed E-state index contributed by atoms with van der Waals surface area (Å²) in [6.45, 7) is -4.34. The van der Waals surface area contributed by atoms with Gasteiger partial charge in [-0.05, 0) is 58.5 Å². The van der Waals surface area contributed by atoms with Crippen molar-refractivity contribution in [2.45, 2.75) is 13.7 Å². The predicted octanol–water partition coefficient (Wildman–Crippen LogP) is 11.9. The van der Waals surface area contributed by atoms with E-state index in [0.717, 1.165) is 55.4 Å². The fraction of sp³-hybridized carbons (Fsp3) is 0.0435. The van der Waals surface area contributed by atoms with Gasteiger partial charge in [0, 0.05) is 51.0 Å². The number of furan rings is 1. The van der Waals surface area contributed by atoms with Crippen LogP contribution in [0.5, 0.6) is 0 Å². The number of aromatic nitrogens is 3. The minimum atomic E-state index is -2.18. The molecule has 0 unspecified atom stereocenters. The summed E-state index contributed by atoms with van der Waals surface area (Å²) in [7, 11) is 0. The van der Waals surface area contributed by atoms with Gasteiger partial charge in [-0.1, -0.05) is 109 Å². The summed E-state index contributed by atoms with van der Waals surface area (Å²) in [5.74, 6) is 0.820. The number of benzene rings is 7. The van der Waals surface area contributed by atoms with E-state index in [1.807, 2.05) is 18.2 Å². The first-order chi connectivity index (χ1) is 27.1. The third kappa shape index (κ3) is 5.71. The average molecular weight is 840 g/mol. The van der Waals surface area contributed by atoms with Crippen LogP contribution in [0.15, 0.2) is 156 Å². The fourth-order valence-corrected chi connectivity index (χ4v) is 6.71. The smallest absolute Gasteiger partial charge is 0.129 e. The summed E-state index contributed by atoms with van der Waals surface area (Å²) in [5.41, 5.74) is 7.16. The maximum Gasteiger partial charge on any atom is 0.129 e. The van der Waals surface area contributed by atoms with Gasteiger partial charge in [0.25, 0.3) is 0 Å². The van der Waals surface area contributed by atoms with Crippen LogP contribution in [0.25, 0.3) is 82.8 Å². The van der Waals surface area contributed by atoms with Crippen molar-refractivity contribution in [3.63, 3.8) is 0 Å². The standard InChI is InChI=1S/C33H19N2O.C13H12N.Ir/c1-2-11-21(12-3-1)35-29-20-9-8-19-28(29)34-33(35)27-18-10-17-26-30-24-15-6-4-13-22(24)23-14-5-7-16-25(23)32(30)36-31(26)27;1-10-3-6-12(7-4-10)13-8-5-11(2)9-14-13;/h1-17,19-20H;3-6,8-9H,1-2H3;/q2*-1;/i;1D3,2D3;. The molecule has 1 radical (unpaired) electrons. The summed E-state index contributed by atoms with van der Waals surface area (Å²) in [6, 6.07) is 53.7. The number of hydrogen-bond acceptors (Lipinski definition) is 3. The zero-order chi connectivity index (χ0) is 38.6. The van der Waals surface area contributed by atoms with E-state index < -0.39 is 13.7 Å². The van der Waals surface area contributed by atoms with Crippen LogP contribution in [-0.2, 0) is 20.1 Å². The average Bonchev–Trinajstić information content (AvgIpc) is 3.81. The Bertz CT molecular complexity index is 2990. The molecule has 0 amide bonds. The van der Waals surface area contributed by atoms with Gasteiger partial charge < -0.3 is 14.0 Å². The maximum absolute atomic E-state index is 7.28. The summed E-state index contributed by atoms with van der Waals surface area (Å²) in [6.07, 6.45) is 1.30. The van der Waals surface area contributed by atoms with Crippen LogP contribution < -0.4 is 0 Å². The second-order valence-corrected chi connectivity index (χ2v) is 12.0. The van der Waals surface area contributed by atoms with Gasteiger partial charge in [-0.25, -0.2) is 0 Å². The Morgan fingerprint density at radius 1 is 0.627 bits per heavy atom. The number of para-hydroxylation sites is 3. The van der Waals surface area contributed by atoms with Gasteiger partial charge in [-0.15, -0.1) is 53.6 Å². The molecule has 0 aliphatic heterocycles. The first-order valence-electron chi connectivity index (χ1n) is 19.2. The van der Waals surface area contributed by atoms with E-state index in [1.165, 1.54) is 40.6 Å².